The first-order chi connectivity index (χ1) is 7.52. The van der Waals surface area contributed by atoms with Crippen LogP contribution in [-0.2, 0) is 6.18 Å². The molecule has 1 aromatic heterocycles. The van der Waals surface area contributed by atoms with Gasteiger partial charge in [-0.15, -0.1) is 0 Å². The quantitative estimate of drug-likeness (QED) is 0.813. The molecular weight excluding hydrogens is 219 g/mol. The van der Waals surface area contributed by atoms with E-state index in [9.17, 15) is 13.2 Å². The minimum atomic E-state index is -4.53. The summed E-state index contributed by atoms with van der Waals surface area (Å²) in [5, 5.41) is 3.20. The molecule has 1 aromatic carbocycles. The summed E-state index contributed by atoms with van der Waals surface area (Å²) < 4.78 is 37.4. The van der Waals surface area contributed by atoms with Crippen LogP contribution in [0.4, 0.5) is 19.0 Å². The van der Waals surface area contributed by atoms with Gasteiger partial charge in [-0.25, -0.2) is 9.97 Å². The van der Waals surface area contributed by atoms with E-state index >= 15 is 0 Å². The average Bonchev–Trinajstić information content (AvgIpc) is 2.26. The second-order valence-corrected chi connectivity index (χ2v) is 3.16. The van der Waals surface area contributed by atoms with E-state index in [0.717, 1.165) is 0 Å². The number of halogens is 3. The topological polar surface area (TPSA) is 37.8 Å². The number of nitrogens with zero attached hydrogens (tertiary/aromatic N) is 2. The largest absolute Gasteiger partial charge is 0.451 e. The predicted molar refractivity (Wildman–Crippen MR) is 54.1 cm³/mol. The Morgan fingerprint density at radius 2 is 1.81 bits per heavy atom. The molecule has 0 fully saturated rings. The van der Waals surface area contributed by atoms with Crippen molar-refractivity contribution >= 4 is 16.7 Å². The van der Waals surface area contributed by atoms with Gasteiger partial charge in [-0.1, -0.05) is 12.1 Å². The summed E-state index contributed by atoms with van der Waals surface area (Å²) in [6.07, 6.45) is -4.53. The standard InChI is InChI=1S/C10H8F3N3/c1-14-8-6-4-2-3-5-7(6)15-9(16-8)10(11,12)13/h2-5H,1H3,(H,14,15,16). The van der Waals surface area contributed by atoms with Crippen molar-refractivity contribution in [3.8, 4) is 0 Å². The Morgan fingerprint density at radius 1 is 1.12 bits per heavy atom. The fourth-order valence-electron chi connectivity index (χ4n) is 1.39. The minimum Gasteiger partial charge on any atom is -0.373 e. The summed E-state index contributed by atoms with van der Waals surface area (Å²) in [4.78, 5) is 6.92. The highest BCUT2D eigenvalue weighted by Crippen LogP contribution is 2.29. The highest BCUT2D eigenvalue weighted by atomic mass is 19.4. The smallest absolute Gasteiger partial charge is 0.373 e. The lowest BCUT2D eigenvalue weighted by atomic mass is 10.2. The van der Waals surface area contributed by atoms with Crippen LogP contribution < -0.4 is 5.32 Å². The minimum absolute atomic E-state index is 0.179. The molecule has 0 aliphatic carbocycles. The first-order valence-corrected chi connectivity index (χ1v) is 4.54. The zero-order valence-electron chi connectivity index (χ0n) is 8.34. The normalized spacial score (nSPS) is 11.8. The number of aromatic nitrogens is 2. The van der Waals surface area contributed by atoms with Crippen LogP contribution in [0, 0.1) is 0 Å². The number of alkyl halides is 3. The van der Waals surface area contributed by atoms with Crippen molar-refractivity contribution in [2.24, 2.45) is 0 Å². The van der Waals surface area contributed by atoms with Crippen LogP contribution in [0.2, 0.25) is 0 Å². The van der Waals surface area contributed by atoms with Crippen LogP contribution in [0.1, 0.15) is 5.82 Å². The van der Waals surface area contributed by atoms with Crippen molar-refractivity contribution in [1.29, 1.82) is 0 Å². The molecule has 0 aliphatic heterocycles. The number of rotatable bonds is 1. The van der Waals surface area contributed by atoms with E-state index in [0.29, 0.717) is 5.39 Å². The molecule has 0 unspecified atom stereocenters. The number of benzene rings is 1. The third-order valence-electron chi connectivity index (χ3n) is 2.09. The van der Waals surface area contributed by atoms with E-state index in [1.807, 2.05) is 0 Å². The molecule has 0 spiro atoms. The van der Waals surface area contributed by atoms with E-state index in [1.165, 1.54) is 13.1 Å². The maximum atomic E-state index is 12.5. The Morgan fingerprint density at radius 3 is 2.44 bits per heavy atom. The lowest BCUT2D eigenvalue weighted by Gasteiger charge is -2.09. The molecule has 16 heavy (non-hydrogen) atoms. The van der Waals surface area contributed by atoms with Crippen molar-refractivity contribution in [3.05, 3.63) is 30.1 Å². The molecule has 2 rings (SSSR count). The van der Waals surface area contributed by atoms with E-state index in [1.54, 1.807) is 18.2 Å². The van der Waals surface area contributed by atoms with E-state index in [4.69, 9.17) is 0 Å². The van der Waals surface area contributed by atoms with E-state index in [2.05, 4.69) is 15.3 Å². The molecule has 0 aliphatic rings. The second kappa shape index (κ2) is 3.62. The molecule has 0 saturated heterocycles. The van der Waals surface area contributed by atoms with Crippen molar-refractivity contribution in [2.45, 2.75) is 6.18 Å². The Balaban J connectivity index is 2.73. The van der Waals surface area contributed by atoms with Crippen molar-refractivity contribution in [3.63, 3.8) is 0 Å². The zero-order valence-corrected chi connectivity index (χ0v) is 8.34. The van der Waals surface area contributed by atoms with Gasteiger partial charge in [0.1, 0.15) is 5.82 Å². The molecule has 1 heterocycles. The SMILES string of the molecule is CNc1nc(C(F)(F)F)nc2ccccc12. The molecule has 3 nitrogen and oxygen atoms in total. The molecule has 2 aromatic rings. The molecule has 84 valence electrons. The Kier molecular flexibility index (Phi) is 2.41. The van der Waals surface area contributed by atoms with Crippen LogP contribution in [0.5, 0.6) is 0 Å². The molecule has 1 N–H and O–H groups in total. The van der Waals surface area contributed by atoms with Crippen LogP contribution in [0.15, 0.2) is 24.3 Å². The highest BCUT2D eigenvalue weighted by molar-refractivity contribution is 5.88. The Labute approximate surface area is 89.3 Å². The van der Waals surface area contributed by atoms with Gasteiger partial charge < -0.3 is 5.32 Å². The number of hydrogen-bond donors (Lipinski definition) is 1. The van der Waals surface area contributed by atoms with E-state index in [-0.39, 0.29) is 11.3 Å². The van der Waals surface area contributed by atoms with Gasteiger partial charge in [0.25, 0.3) is 0 Å². The number of hydrogen-bond acceptors (Lipinski definition) is 3. The summed E-state index contributed by atoms with van der Waals surface area (Å²) in [5.74, 6) is -0.950. The lowest BCUT2D eigenvalue weighted by Crippen LogP contribution is -2.12. The van der Waals surface area contributed by atoms with Gasteiger partial charge in [0, 0.05) is 12.4 Å². The van der Waals surface area contributed by atoms with Crippen molar-refractivity contribution in [2.75, 3.05) is 12.4 Å². The van der Waals surface area contributed by atoms with Gasteiger partial charge in [-0.3, -0.25) is 0 Å². The molecule has 0 saturated carbocycles. The molecule has 0 bridgehead atoms. The van der Waals surface area contributed by atoms with E-state index < -0.39 is 12.0 Å². The maximum absolute atomic E-state index is 12.5. The number of fused-ring (bicyclic) bond motifs is 1. The first kappa shape index (κ1) is 10.7. The van der Waals surface area contributed by atoms with Gasteiger partial charge >= 0.3 is 6.18 Å². The third-order valence-corrected chi connectivity index (χ3v) is 2.09. The summed E-state index contributed by atoms with van der Waals surface area (Å²) in [5.41, 5.74) is 0.272. The molecule has 6 heteroatoms. The first-order valence-electron chi connectivity index (χ1n) is 4.54. The Hall–Kier alpha value is -1.85. The van der Waals surface area contributed by atoms with Crippen molar-refractivity contribution < 1.29 is 13.2 Å². The highest BCUT2D eigenvalue weighted by Gasteiger charge is 2.35. The summed E-state index contributed by atoms with van der Waals surface area (Å²) in [6, 6.07) is 6.54. The molecule has 0 atom stereocenters. The maximum Gasteiger partial charge on any atom is 0.451 e. The summed E-state index contributed by atoms with van der Waals surface area (Å²) >= 11 is 0. The van der Waals surface area contributed by atoms with Crippen LogP contribution in [0.3, 0.4) is 0 Å². The molecule has 0 amide bonds. The van der Waals surface area contributed by atoms with Crippen LogP contribution >= 0.6 is 0 Å². The van der Waals surface area contributed by atoms with Gasteiger partial charge in [0.15, 0.2) is 0 Å². The van der Waals surface area contributed by atoms with Gasteiger partial charge in [0.2, 0.25) is 5.82 Å². The fraction of sp³-hybridized carbons (Fsp3) is 0.200. The average molecular weight is 227 g/mol. The van der Waals surface area contributed by atoms with Gasteiger partial charge in [-0.2, -0.15) is 13.2 Å². The molecule has 0 radical (unpaired) electrons. The van der Waals surface area contributed by atoms with Gasteiger partial charge in [-0.05, 0) is 12.1 Å². The Bertz CT molecular complexity index is 522. The predicted octanol–water partition coefficient (Wildman–Crippen LogP) is 2.69. The third kappa shape index (κ3) is 1.78. The van der Waals surface area contributed by atoms with Gasteiger partial charge in [0.05, 0.1) is 5.52 Å². The number of anilines is 1. The summed E-state index contributed by atoms with van der Waals surface area (Å²) in [7, 11) is 1.52. The van der Waals surface area contributed by atoms with Crippen LogP contribution in [-0.4, -0.2) is 17.0 Å². The monoisotopic (exact) mass is 227 g/mol. The number of nitrogens with one attached hydrogen (secondary N) is 1. The second-order valence-electron chi connectivity index (χ2n) is 3.16. The fourth-order valence-corrected chi connectivity index (χ4v) is 1.39. The summed E-state index contributed by atoms with van der Waals surface area (Å²) in [6.45, 7) is 0. The van der Waals surface area contributed by atoms with Crippen molar-refractivity contribution in [1.82, 2.24) is 9.97 Å². The lowest BCUT2D eigenvalue weighted by molar-refractivity contribution is -0.144. The zero-order chi connectivity index (χ0) is 11.8. The molecular formula is C10H8F3N3. The number of para-hydroxylation sites is 1. The van der Waals surface area contributed by atoms with Crippen LogP contribution in [0.25, 0.3) is 10.9 Å².